The predicted octanol–water partition coefficient (Wildman–Crippen LogP) is 4.04. The van der Waals surface area contributed by atoms with E-state index in [1.807, 2.05) is 0 Å². The highest BCUT2D eigenvalue weighted by Crippen LogP contribution is 2.60. The summed E-state index contributed by atoms with van der Waals surface area (Å²) in [4.78, 5) is 0. The van der Waals surface area contributed by atoms with Crippen molar-refractivity contribution in [1.29, 1.82) is 0 Å². The Hall–Kier alpha value is -1.71. The molecule has 0 unspecified atom stereocenters. The van der Waals surface area contributed by atoms with Gasteiger partial charge in [-0.15, -0.1) is 0 Å². The molecule has 0 saturated heterocycles. The van der Waals surface area contributed by atoms with Gasteiger partial charge in [0.25, 0.3) is 0 Å². The number of alkyl halides is 13. The van der Waals surface area contributed by atoms with Gasteiger partial charge in [-0.25, -0.2) is 0 Å². The molecule has 2 N–H and O–H groups in total. The van der Waals surface area contributed by atoms with Crippen molar-refractivity contribution < 1.29 is 67.1 Å². The Labute approximate surface area is 159 Å². The number of rotatable bonds is 8. The van der Waals surface area contributed by atoms with Crippen molar-refractivity contribution >= 4 is 12.6 Å². The van der Waals surface area contributed by atoms with Gasteiger partial charge in [0.05, 0.1) is 0 Å². The summed E-state index contributed by atoms with van der Waals surface area (Å²) in [5, 5.41) is 17.6. The lowest BCUT2D eigenvalue weighted by molar-refractivity contribution is -0.440. The third-order valence-electron chi connectivity index (χ3n) is 4.00. The molecule has 1 aromatic rings. The standard InChI is InChI=1S/C14H10BF13O2/c16-9(17,6-5-7-1-3-8(4-2-7)15(29)30)10(18,19)11(20,21)12(22,23)13(24,25)14(26,27)28/h1-4,29-30H,5-6H2. The quantitative estimate of drug-likeness (QED) is 0.447. The van der Waals surface area contributed by atoms with Gasteiger partial charge in [0.15, 0.2) is 0 Å². The van der Waals surface area contributed by atoms with E-state index in [0.717, 1.165) is 24.3 Å². The summed E-state index contributed by atoms with van der Waals surface area (Å²) < 4.78 is 169. The second-order valence-corrected chi connectivity index (χ2v) is 6.12. The highest BCUT2D eigenvalue weighted by Gasteiger charge is 2.90. The normalized spacial score (nSPS) is 14.8. The van der Waals surface area contributed by atoms with E-state index in [4.69, 9.17) is 10.0 Å². The van der Waals surface area contributed by atoms with E-state index in [-0.39, 0.29) is 11.0 Å². The summed E-state index contributed by atoms with van der Waals surface area (Å²) in [6.07, 6.45) is -11.0. The molecular weight excluding hydrogens is 458 g/mol. The van der Waals surface area contributed by atoms with Crippen LogP contribution in [-0.4, -0.2) is 53.0 Å². The summed E-state index contributed by atoms with van der Waals surface area (Å²) in [6.45, 7) is 0. The van der Waals surface area contributed by atoms with Crippen LogP contribution in [0.15, 0.2) is 24.3 Å². The number of hydrogen-bond acceptors (Lipinski definition) is 2. The third kappa shape index (κ3) is 4.20. The number of benzene rings is 1. The number of hydrogen-bond donors (Lipinski definition) is 2. The van der Waals surface area contributed by atoms with Crippen LogP contribution in [0, 0.1) is 0 Å². The largest absolute Gasteiger partial charge is 0.488 e. The Morgan fingerprint density at radius 1 is 0.600 bits per heavy atom. The highest BCUT2D eigenvalue weighted by molar-refractivity contribution is 6.58. The van der Waals surface area contributed by atoms with Gasteiger partial charge in [0.1, 0.15) is 0 Å². The molecule has 0 aliphatic heterocycles. The second kappa shape index (κ2) is 7.77. The van der Waals surface area contributed by atoms with Crippen molar-refractivity contribution in [3.8, 4) is 0 Å². The van der Waals surface area contributed by atoms with Crippen LogP contribution in [-0.2, 0) is 6.42 Å². The molecule has 2 nitrogen and oxygen atoms in total. The van der Waals surface area contributed by atoms with E-state index >= 15 is 0 Å². The average molecular weight is 468 g/mol. The highest BCUT2D eigenvalue weighted by atomic mass is 19.4. The van der Waals surface area contributed by atoms with Gasteiger partial charge in [-0.1, -0.05) is 24.3 Å². The Kier molecular flexibility index (Phi) is 6.82. The summed E-state index contributed by atoms with van der Waals surface area (Å²) in [6, 6.07) is 3.47. The summed E-state index contributed by atoms with van der Waals surface area (Å²) >= 11 is 0. The van der Waals surface area contributed by atoms with E-state index in [9.17, 15) is 57.1 Å². The van der Waals surface area contributed by atoms with Gasteiger partial charge >= 0.3 is 42.9 Å². The molecule has 1 aromatic carbocycles. The van der Waals surface area contributed by atoms with Crippen LogP contribution in [0.5, 0.6) is 0 Å². The Bertz CT molecular complexity index is 728. The molecule has 0 heterocycles. The van der Waals surface area contributed by atoms with E-state index in [2.05, 4.69) is 0 Å². The maximum atomic E-state index is 13.6. The number of aryl methyl sites for hydroxylation is 1. The minimum atomic E-state index is -7.91. The van der Waals surface area contributed by atoms with Crippen molar-refractivity contribution in [1.82, 2.24) is 0 Å². The predicted molar refractivity (Wildman–Crippen MR) is 75.4 cm³/mol. The summed E-state index contributed by atoms with van der Waals surface area (Å²) in [7, 11) is -2.01. The average Bonchev–Trinajstić information content (AvgIpc) is 2.58. The van der Waals surface area contributed by atoms with E-state index < -0.39 is 55.7 Å². The fourth-order valence-electron chi connectivity index (χ4n) is 2.12. The smallest absolute Gasteiger partial charge is 0.423 e. The van der Waals surface area contributed by atoms with Crippen molar-refractivity contribution in [3.05, 3.63) is 29.8 Å². The molecule has 172 valence electrons. The van der Waals surface area contributed by atoms with Crippen LogP contribution in [0.3, 0.4) is 0 Å². The van der Waals surface area contributed by atoms with Crippen LogP contribution in [0.4, 0.5) is 57.1 Å². The molecule has 0 amide bonds. The van der Waals surface area contributed by atoms with Crippen LogP contribution in [0.1, 0.15) is 12.0 Å². The molecule has 0 aliphatic carbocycles. The summed E-state index contributed by atoms with van der Waals surface area (Å²) in [5.41, 5.74) is -0.526. The molecule has 0 atom stereocenters. The second-order valence-electron chi connectivity index (χ2n) is 6.12. The van der Waals surface area contributed by atoms with E-state index in [1.165, 1.54) is 0 Å². The van der Waals surface area contributed by atoms with Crippen LogP contribution in [0.25, 0.3) is 0 Å². The van der Waals surface area contributed by atoms with Gasteiger partial charge in [0, 0.05) is 6.42 Å². The lowest BCUT2D eigenvalue weighted by Crippen LogP contribution is -2.70. The van der Waals surface area contributed by atoms with E-state index in [0.29, 0.717) is 0 Å². The first kappa shape index (κ1) is 26.3. The van der Waals surface area contributed by atoms with Crippen LogP contribution in [0.2, 0.25) is 0 Å². The zero-order chi connectivity index (χ0) is 24.0. The number of halogens is 13. The molecule has 30 heavy (non-hydrogen) atoms. The van der Waals surface area contributed by atoms with Gasteiger partial charge in [0.2, 0.25) is 0 Å². The Morgan fingerprint density at radius 2 is 1.00 bits per heavy atom. The van der Waals surface area contributed by atoms with Crippen molar-refractivity contribution in [2.75, 3.05) is 0 Å². The SMILES string of the molecule is OB(O)c1ccc(CCC(F)(F)C(F)(F)C(F)(F)C(F)(F)C(F)(F)C(F)(F)F)cc1. The molecule has 0 bridgehead atoms. The first-order chi connectivity index (χ1) is 13.1. The van der Waals surface area contributed by atoms with Crippen LogP contribution < -0.4 is 5.46 Å². The van der Waals surface area contributed by atoms with Crippen molar-refractivity contribution in [2.45, 2.75) is 48.6 Å². The molecule has 1 rings (SSSR count). The van der Waals surface area contributed by atoms with Gasteiger partial charge in [-0.05, 0) is 17.4 Å². The Balaban J connectivity index is 3.19. The minimum absolute atomic E-state index is 0.198. The van der Waals surface area contributed by atoms with E-state index in [1.54, 1.807) is 0 Å². The zero-order valence-electron chi connectivity index (χ0n) is 14.1. The monoisotopic (exact) mass is 468 g/mol. The lowest BCUT2D eigenvalue weighted by atomic mass is 9.80. The molecule has 0 radical (unpaired) electrons. The van der Waals surface area contributed by atoms with Crippen LogP contribution >= 0.6 is 0 Å². The molecular formula is C14H10BF13O2. The molecule has 0 saturated carbocycles. The van der Waals surface area contributed by atoms with Crippen molar-refractivity contribution in [3.63, 3.8) is 0 Å². The molecule has 0 spiro atoms. The van der Waals surface area contributed by atoms with Gasteiger partial charge in [-0.2, -0.15) is 57.1 Å². The van der Waals surface area contributed by atoms with Crippen molar-refractivity contribution in [2.24, 2.45) is 0 Å². The van der Waals surface area contributed by atoms with Gasteiger partial charge < -0.3 is 10.0 Å². The maximum absolute atomic E-state index is 13.6. The fraction of sp³-hybridized carbons (Fsp3) is 0.571. The first-order valence-corrected chi connectivity index (χ1v) is 7.54. The fourth-order valence-corrected chi connectivity index (χ4v) is 2.12. The zero-order valence-corrected chi connectivity index (χ0v) is 14.1. The molecule has 16 heteroatoms. The lowest BCUT2D eigenvalue weighted by Gasteiger charge is -2.39. The minimum Gasteiger partial charge on any atom is -0.423 e. The third-order valence-corrected chi connectivity index (χ3v) is 4.00. The Morgan fingerprint density at radius 3 is 1.37 bits per heavy atom. The molecule has 0 fully saturated rings. The maximum Gasteiger partial charge on any atom is 0.488 e. The van der Waals surface area contributed by atoms with Gasteiger partial charge in [-0.3, -0.25) is 0 Å². The summed E-state index contributed by atoms with van der Waals surface area (Å²) in [5.74, 6) is -36.9. The molecule has 0 aromatic heterocycles. The first-order valence-electron chi connectivity index (χ1n) is 7.54. The molecule has 0 aliphatic rings. The topological polar surface area (TPSA) is 40.5 Å².